The van der Waals surface area contributed by atoms with Crippen molar-refractivity contribution in [3.05, 3.63) is 57.3 Å². The number of nitrogens with zero attached hydrogens (tertiary/aromatic N) is 2. The third-order valence-electron chi connectivity index (χ3n) is 3.10. The zero-order valence-corrected chi connectivity index (χ0v) is 13.8. The SMILES string of the molecule is Cc1cc(Br)cc(-n2c(CCl)nc3cccc(Cl)c32)c1. The molecule has 0 spiro atoms. The predicted molar refractivity (Wildman–Crippen MR) is 88.1 cm³/mol. The van der Waals surface area contributed by atoms with Crippen LogP contribution in [0, 0.1) is 6.92 Å². The summed E-state index contributed by atoms with van der Waals surface area (Å²) in [6.45, 7) is 2.05. The van der Waals surface area contributed by atoms with Crippen LogP contribution in [0.3, 0.4) is 0 Å². The van der Waals surface area contributed by atoms with Gasteiger partial charge in [0, 0.05) is 10.2 Å². The number of aryl methyl sites for hydroxylation is 1. The van der Waals surface area contributed by atoms with Crippen LogP contribution in [0.25, 0.3) is 16.7 Å². The maximum absolute atomic E-state index is 6.35. The van der Waals surface area contributed by atoms with E-state index in [0.717, 1.165) is 32.6 Å². The van der Waals surface area contributed by atoms with E-state index in [2.05, 4.69) is 40.0 Å². The minimum absolute atomic E-state index is 0.330. The van der Waals surface area contributed by atoms with Gasteiger partial charge in [-0.3, -0.25) is 4.57 Å². The van der Waals surface area contributed by atoms with Gasteiger partial charge in [-0.05, 0) is 42.8 Å². The zero-order chi connectivity index (χ0) is 14.3. The normalized spacial score (nSPS) is 11.2. The lowest BCUT2D eigenvalue weighted by Crippen LogP contribution is -2.00. The molecular formula is C15H11BrCl2N2. The molecule has 0 bridgehead atoms. The quantitative estimate of drug-likeness (QED) is 0.546. The third kappa shape index (κ3) is 2.34. The molecule has 5 heteroatoms. The standard InChI is InChI=1S/C15H11BrCl2N2/c1-9-5-10(16)7-11(6-9)20-14(8-17)19-13-4-2-3-12(18)15(13)20/h2-7H,8H2,1H3. The van der Waals surface area contributed by atoms with Crippen LogP contribution >= 0.6 is 39.1 Å². The maximum Gasteiger partial charge on any atom is 0.129 e. The lowest BCUT2D eigenvalue weighted by atomic mass is 10.2. The number of imidazole rings is 1. The highest BCUT2D eigenvalue weighted by molar-refractivity contribution is 9.10. The van der Waals surface area contributed by atoms with Crippen LogP contribution in [0.2, 0.25) is 5.02 Å². The molecule has 0 aliphatic heterocycles. The molecule has 0 saturated carbocycles. The van der Waals surface area contributed by atoms with E-state index in [-0.39, 0.29) is 0 Å². The number of benzene rings is 2. The molecular weight excluding hydrogens is 359 g/mol. The summed E-state index contributed by atoms with van der Waals surface area (Å²) in [4.78, 5) is 4.56. The second kappa shape index (κ2) is 5.40. The van der Waals surface area contributed by atoms with Crippen LogP contribution in [-0.2, 0) is 5.88 Å². The van der Waals surface area contributed by atoms with E-state index in [1.54, 1.807) is 0 Å². The van der Waals surface area contributed by atoms with Crippen LogP contribution < -0.4 is 0 Å². The topological polar surface area (TPSA) is 17.8 Å². The van der Waals surface area contributed by atoms with Crippen LogP contribution in [-0.4, -0.2) is 9.55 Å². The van der Waals surface area contributed by atoms with E-state index in [1.165, 1.54) is 0 Å². The number of hydrogen-bond acceptors (Lipinski definition) is 1. The Kier molecular flexibility index (Phi) is 3.76. The molecule has 3 rings (SSSR count). The first-order chi connectivity index (χ1) is 9.60. The van der Waals surface area contributed by atoms with Crippen LogP contribution in [0.4, 0.5) is 0 Å². The van der Waals surface area contributed by atoms with E-state index >= 15 is 0 Å². The van der Waals surface area contributed by atoms with Gasteiger partial charge in [0.2, 0.25) is 0 Å². The molecule has 1 aromatic heterocycles. The van der Waals surface area contributed by atoms with Crippen molar-refractivity contribution in [2.24, 2.45) is 0 Å². The van der Waals surface area contributed by atoms with Crippen molar-refractivity contribution >= 4 is 50.2 Å². The fourth-order valence-electron chi connectivity index (χ4n) is 2.35. The van der Waals surface area contributed by atoms with Gasteiger partial charge in [0.05, 0.1) is 21.9 Å². The highest BCUT2D eigenvalue weighted by Gasteiger charge is 2.14. The Balaban J connectivity index is 2.39. The highest BCUT2D eigenvalue weighted by Crippen LogP contribution is 2.30. The summed E-state index contributed by atoms with van der Waals surface area (Å²) in [6, 6.07) is 11.9. The summed E-state index contributed by atoms with van der Waals surface area (Å²) in [7, 11) is 0. The molecule has 0 atom stereocenters. The Bertz CT molecular complexity index is 776. The largest absolute Gasteiger partial charge is 0.294 e. The Morgan fingerprint density at radius 1 is 1.25 bits per heavy atom. The second-order valence-corrected chi connectivity index (χ2v) is 6.18. The summed E-state index contributed by atoms with van der Waals surface area (Å²) >= 11 is 15.9. The molecule has 0 N–H and O–H groups in total. The van der Waals surface area contributed by atoms with Gasteiger partial charge >= 0.3 is 0 Å². The van der Waals surface area contributed by atoms with E-state index in [1.807, 2.05) is 28.8 Å². The van der Waals surface area contributed by atoms with Crippen LogP contribution in [0.1, 0.15) is 11.4 Å². The fourth-order valence-corrected chi connectivity index (χ4v) is 3.38. The van der Waals surface area contributed by atoms with Crippen molar-refractivity contribution in [3.8, 4) is 5.69 Å². The number of alkyl halides is 1. The Morgan fingerprint density at radius 3 is 2.75 bits per heavy atom. The van der Waals surface area contributed by atoms with Gasteiger partial charge < -0.3 is 0 Å². The smallest absolute Gasteiger partial charge is 0.129 e. The average molecular weight is 370 g/mol. The van der Waals surface area contributed by atoms with Gasteiger partial charge in [-0.15, -0.1) is 11.6 Å². The lowest BCUT2D eigenvalue weighted by Gasteiger charge is -2.10. The molecule has 3 aromatic rings. The first-order valence-electron chi connectivity index (χ1n) is 6.09. The number of aromatic nitrogens is 2. The van der Waals surface area contributed by atoms with Gasteiger partial charge in [0.1, 0.15) is 5.82 Å². The number of para-hydroxylation sites is 1. The van der Waals surface area contributed by atoms with E-state index in [0.29, 0.717) is 10.9 Å². The molecule has 0 amide bonds. The monoisotopic (exact) mass is 368 g/mol. The highest BCUT2D eigenvalue weighted by atomic mass is 79.9. The van der Waals surface area contributed by atoms with Crippen molar-refractivity contribution in [1.29, 1.82) is 0 Å². The van der Waals surface area contributed by atoms with Crippen molar-refractivity contribution in [1.82, 2.24) is 9.55 Å². The Hall–Kier alpha value is -1.03. The van der Waals surface area contributed by atoms with Gasteiger partial charge in [-0.2, -0.15) is 0 Å². The van der Waals surface area contributed by atoms with Crippen LogP contribution in [0.15, 0.2) is 40.9 Å². The number of rotatable bonds is 2. The molecule has 102 valence electrons. The minimum atomic E-state index is 0.330. The zero-order valence-electron chi connectivity index (χ0n) is 10.7. The summed E-state index contributed by atoms with van der Waals surface area (Å²) in [5, 5.41) is 0.670. The minimum Gasteiger partial charge on any atom is -0.294 e. The third-order valence-corrected chi connectivity index (χ3v) is 4.10. The van der Waals surface area contributed by atoms with Gasteiger partial charge in [-0.25, -0.2) is 4.98 Å². The predicted octanol–water partition coefficient (Wildman–Crippen LogP) is 5.49. The fraction of sp³-hybridized carbons (Fsp3) is 0.133. The van der Waals surface area contributed by atoms with Crippen molar-refractivity contribution in [2.75, 3.05) is 0 Å². The molecule has 0 fully saturated rings. The molecule has 0 aliphatic rings. The first kappa shape index (κ1) is 13.9. The summed E-state index contributed by atoms with van der Waals surface area (Å²) in [6.07, 6.45) is 0. The van der Waals surface area contributed by atoms with E-state index in [4.69, 9.17) is 23.2 Å². The number of halogens is 3. The molecule has 0 radical (unpaired) electrons. The average Bonchev–Trinajstić information content (AvgIpc) is 2.77. The van der Waals surface area contributed by atoms with E-state index in [9.17, 15) is 0 Å². The molecule has 2 nitrogen and oxygen atoms in total. The van der Waals surface area contributed by atoms with Crippen molar-refractivity contribution < 1.29 is 0 Å². The van der Waals surface area contributed by atoms with Gasteiger partial charge in [-0.1, -0.05) is 33.6 Å². The van der Waals surface area contributed by atoms with E-state index < -0.39 is 0 Å². The van der Waals surface area contributed by atoms with Crippen LogP contribution in [0.5, 0.6) is 0 Å². The molecule has 0 aliphatic carbocycles. The van der Waals surface area contributed by atoms with Gasteiger partial charge in [0.25, 0.3) is 0 Å². The summed E-state index contributed by atoms with van der Waals surface area (Å²) in [5.74, 6) is 1.11. The number of fused-ring (bicyclic) bond motifs is 1. The molecule has 0 saturated heterocycles. The lowest BCUT2D eigenvalue weighted by molar-refractivity contribution is 0.979. The van der Waals surface area contributed by atoms with Gasteiger partial charge in [0.15, 0.2) is 0 Å². The first-order valence-corrected chi connectivity index (χ1v) is 7.80. The molecule has 1 heterocycles. The molecule has 0 unspecified atom stereocenters. The maximum atomic E-state index is 6.35. The molecule has 20 heavy (non-hydrogen) atoms. The second-order valence-electron chi connectivity index (χ2n) is 4.59. The molecule has 2 aromatic carbocycles. The van der Waals surface area contributed by atoms with Crippen molar-refractivity contribution in [2.45, 2.75) is 12.8 Å². The Morgan fingerprint density at radius 2 is 2.05 bits per heavy atom. The Labute approximate surface area is 135 Å². The summed E-state index contributed by atoms with van der Waals surface area (Å²) < 4.78 is 3.03. The number of hydrogen-bond donors (Lipinski definition) is 0. The van der Waals surface area contributed by atoms with Crippen molar-refractivity contribution in [3.63, 3.8) is 0 Å². The summed E-state index contributed by atoms with van der Waals surface area (Å²) in [5.41, 5.74) is 3.90.